The molecule has 0 aliphatic heterocycles. The molecule has 1 atom stereocenters. The van der Waals surface area contributed by atoms with Crippen molar-refractivity contribution in [1.29, 1.82) is 0 Å². The normalized spacial score (nSPS) is 11.9. The van der Waals surface area contributed by atoms with Gasteiger partial charge in [-0.1, -0.05) is 6.92 Å². The number of rotatable bonds is 6. The van der Waals surface area contributed by atoms with Crippen molar-refractivity contribution < 1.29 is 14.7 Å². The molecule has 0 radical (unpaired) electrons. The van der Waals surface area contributed by atoms with Gasteiger partial charge in [0.2, 0.25) is 5.91 Å². The monoisotopic (exact) mass is 328 g/mol. The summed E-state index contributed by atoms with van der Waals surface area (Å²) in [5.74, 6) is -1.18. The molecule has 1 aromatic rings. The fraction of sp³-hybridized carbons (Fsp3) is 0.385. The zero-order chi connectivity index (χ0) is 14.4. The van der Waals surface area contributed by atoms with Crippen LogP contribution in [0.25, 0.3) is 0 Å². The molecule has 0 bridgehead atoms. The van der Waals surface area contributed by atoms with Crippen molar-refractivity contribution in [3.63, 3.8) is 0 Å². The second kappa shape index (κ2) is 7.25. The second-order valence-corrected chi connectivity index (χ2v) is 5.07. The number of hydrogen-bond acceptors (Lipinski definition) is 3. The lowest BCUT2D eigenvalue weighted by atomic mass is 10.2. The third-order valence-corrected chi connectivity index (χ3v) is 3.22. The Morgan fingerprint density at radius 1 is 1.42 bits per heavy atom. The third kappa shape index (κ3) is 5.00. The maximum absolute atomic E-state index is 11.8. The van der Waals surface area contributed by atoms with E-state index in [-0.39, 0.29) is 17.5 Å². The fourth-order valence-corrected chi connectivity index (χ4v) is 2.09. The van der Waals surface area contributed by atoms with Crippen LogP contribution in [0.3, 0.4) is 0 Å². The molecule has 0 aliphatic rings. The van der Waals surface area contributed by atoms with Crippen molar-refractivity contribution in [3.8, 4) is 0 Å². The molecule has 6 heteroatoms. The molecule has 1 unspecified atom stereocenters. The van der Waals surface area contributed by atoms with Gasteiger partial charge in [-0.25, -0.2) is 4.79 Å². The Morgan fingerprint density at radius 2 is 2.11 bits per heavy atom. The van der Waals surface area contributed by atoms with Gasteiger partial charge >= 0.3 is 5.97 Å². The Balaban J connectivity index is 2.69. The lowest BCUT2D eigenvalue weighted by Crippen LogP contribution is -2.30. The highest BCUT2D eigenvalue weighted by Crippen LogP contribution is 2.21. The standard InChI is InChI=1S/C13H17BrN2O3/c1-3-15-8(2)6-12(17)16-9-4-5-11(14)10(7-9)13(18)19/h4-5,7-8,15H,3,6H2,1-2H3,(H,16,17)(H,18,19). The smallest absolute Gasteiger partial charge is 0.336 e. The summed E-state index contributed by atoms with van der Waals surface area (Å²) in [7, 11) is 0. The first-order valence-electron chi connectivity index (χ1n) is 6.00. The second-order valence-electron chi connectivity index (χ2n) is 4.21. The van der Waals surface area contributed by atoms with Crippen LogP contribution in [0, 0.1) is 0 Å². The van der Waals surface area contributed by atoms with E-state index in [0.29, 0.717) is 16.6 Å². The highest BCUT2D eigenvalue weighted by atomic mass is 79.9. The van der Waals surface area contributed by atoms with E-state index in [2.05, 4.69) is 26.6 Å². The Kier molecular flexibility index (Phi) is 5.98. The van der Waals surface area contributed by atoms with Crippen LogP contribution in [-0.2, 0) is 4.79 Å². The van der Waals surface area contributed by atoms with E-state index in [1.54, 1.807) is 12.1 Å². The molecule has 0 saturated heterocycles. The van der Waals surface area contributed by atoms with Gasteiger partial charge in [-0.05, 0) is 47.6 Å². The van der Waals surface area contributed by atoms with E-state index in [1.165, 1.54) is 6.07 Å². The minimum Gasteiger partial charge on any atom is -0.478 e. The molecule has 0 fully saturated rings. The molecule has 0 heterocycles. The number of halogens is 1. The number of aromatic carboxylic acids is 1. The lowest BCUT2D eigenvalue weighted by Gasteiger charge is -2.12. The average molecular weight is 329 g/mol. The maximum atomic E-state index is 11.8. The van der Waals surface area contributed by atoms with E-state index in [9.17, 15) is 9.59 Å². The van der Waals surface area contributed by atoms with E-state index in [4.69, 9.17) is 5.11 Å². The van der Waals surface area contributed by atoms with Crippen LogP contribution in [-0.4, -0.2) is 29.6 Å². The largest absolute Gasteiger partial charge is 0.478 e. The van der Waals surface area contributed by atoms with Crippen molar-refractivity contribution in [2.75, 3.05) is 11.9 Å². The SMILES string of the molecule is CCNC(C)CC(=O)Nc1ccc(Br)c(C(=O)O)c1. The van der Waals surface area contributed by atoms with Crippen molar-refractivity contribution in [1.82, 2.24) is 5.32 Å². The van der Waals surface area contributed by atoms with Gasteiger partial charge in [0, 0.05) is 22.6 Å². The highest BCUT2D eigenvalue weighted by molar-refractivity contribution is 9.10. The summed E-state index contributed by atoms with van der Waals surface area (Å²) in [5.41, 5.74) is 0.604. The van der Waals surface area contributed by atoms with Crippen LogP contribution in [0.15, 0.2) is 22.7 Å². The summed E-state index contributed by atoms with van der Waals surface area (Å²) < 4.78 is 0.485. The maximum Gasteiger partial charge on any atom is 0.336 e. The van der Waals surface area contributed by atoms with Gasteiger partial charge in [0.1, 0.15) is 0 Å². The van der Waals surface area contributed by atoms with Crippen molar-refractivity contribution in [2.24, 2.45) is 0 Å². The number of nitrogens with one attached hydrogen (secondary N) is 2. The molecule has 1 rings (SSSR count). The van der Waals surface area contributed by atoms with Crippen LogP contribution < -0.4 is 10.6 Å². The molecule has 0 spiro atoms. The molecule has 19 heavy (non-hydrogen) atoms. The number of carbonyl (C=O) groups is 2. The molecule has 3 N–H and O–H groups in total. The average Bonchev–Trinajstić information content (AvgIpc) is 2.31. The zero-order valence-electron chi connectivity index (χ0n) is 10.9. The predicted molar refractivity (Wildman–Crippen MR) is 77.5 cm³/mol. The number of benzene rings is 1. The number of carboxylic acid groups (broad SMARTS) is 1. The minimum atomic E-state index is -1.04. The van der Waals surface area contributed by atoms with Crippen LogP contribution >= 0.6 is 15.9 Å². The van der Waals surface area contributed by atoms with Crippen LogP contribution in [0.1, 0.15) is 30.6 Å². The summed E-state index contributed by atoms with van der Waals surface area (Å²) in [6.07, 6.45) is 0.340. The topological polar surface area (TPSA) is 78.4 Å². The van der Waals surface area contributed by atoms with Gasteiger partial charge < -0.3 is 15.7 Å². The predicted octanol–water partition coefficient (Wildman–Crippen LogP) is 2.47. The van der Waals surface area contributed by atoms with Crippen LogP contribution in [0.4, 0.5) is 5.69 Å². The van der Waals surface area contributed by atoms with Gasteiger partial charge in [0.05, 0.1) is 5.56 Å². The number of amides is 1. The molecule has 5 nitrogen and oxygen atoms in total. The quantitative estimate of drug-likeness (QED) is 0.749. The van der Waals surface area contributed by atoms with E-state index < -0.39 is 5.97 Å². The first-order chi connectivity index (χ1) is 8.93. The Morgan fingerprint density at radius 3 is 2.68 bits per heavy atom. The summed E-state index contributed by atoms with van der Waals surface area (Å²) >= 11 is 3.15. The number of anilines is 1. The first kappa shape index (κ1) is 15.7. The molecule has 104 valence electrons. The lowest BCUT2D eigenvalue weighted by molar-refractivity contribution is -0.116. The Labute approximate surface area is 120 Å². The summed E-state index contributed by atoms with van der Waals surface area (Å²) in [6.45, 7) is 4.70. The third-order valence-electron chi connectivity index (χ3n) is 2.52. The number of hydrogen-bond donors (Lipinski definition) is 3. The molecule has 1 aromatic carbocycles. The van der Waals surface area contributed by atoms with Crippen LogP contribution in [0.2, 0.25) is 0 Å². The summed E-state index contributed by atoms with van der Waals surface area (Å²) in [6, 6.07) is 4.78. The van der Waals surface area contributed by atoms with E-state index >= 15 is 0 Å². The molecule has 1 amide bonds. The fourth-order valence-electron chi connectivity index (χ4n) is 1.68. The Hall–Kier alpha value is -1.40. The van der Waals surface area contributed by atoms with Crippen molar-refractivity contribution in [3.05, 3.63) is 28.2 Å². The first-order valence-corrected chi connectivity index (χ1v) is 6.79. The molecule has 0 aromatic heterocycles. The molecule has 0 aliphatic carbocycles. The minimum absolute atomic E-state index is 0.0828. The van der Waals surface area contributed by atoms with Gasteiger partial charge in [-0.2, -0.15) is 0 Å². The van der Waals surface area contributed by atoms with E-state index in [1.807, 2.05) is 13.8 Å². The summed E-state index contributed by atoms with van der Waals surface area (Å²) in [5, 5.41) is 14.8. The molecular weight excluding hydrogens is 312 g/mol. The van der Waals surface area contributed by atoms with Gasteiger partial charge in [-0.15, -0.1) is 0 Å². The van der Waals surface area contributed by atoms with Gasteiger partial charge in [0.25, 0.3) is 0 Å². The van der Waals surface area contributed by atoms with Crippen molar-refractivity contribution >= 4 is 33.5 Å². The van der Waals surface area contributed by atoms with Crippen LogP contribution in [0.5, 0.6) is 0 Å². The van der Waals surface area contributed by atoms with Gasteiger partial charge in [-0.3, -0.25) is 4.79 Å². The van der Waals surface area contributed by atoms with Crippen molar-refractivity contribution in [2.45, 2.75) is 26.3 Å². The summed E-state index contributed by atoms with van der Waals surface area (Å²) in [4.78, 5) is 22.7. The van der Waals surface area contributed by atoms with E-state index in [0.717, 1.165) is 6.54 Å². The number of carboxylic acids is 1. The molecule has 0 saturated carbocycles. The molecular formula is C13H17BrN2O3. The zero-order valence-corrected chi connectivity index (χ0v) is 12.5. The van der Waals surface area contributed by atoms with Gasteiger partial charge in [0.15, 0.2) is 0 Å². The number of carbonyl (C=O) groups excluding carboxylic acids is 1. The Bertz CT molecular complexity index is 477. The highest BCUT2D eigenvalue weighted by Gasteiger charge is 2.12.